The minimum atomic E-state index is 0.00354. The quantitative estimate of drug-likeness (QED) is 0.717. The van der Waals surface area contributed by atoms with E-state index < -0.39 is 0 Å². The minimum Gasteiger partial charge on any atom is -0.346 e. The largest absolute Gasteiger partial charge is 0.346 e. The third-order valence-electron chi connectivity index (χ3n) is 5.76. The molecule has 2 heterocycles. The predicted octanol–water partition coefficient (Wildman–Crippen LogP) is 3.43. The number of amides is 1. The van der Waals surface area contributed by atoms with Crippen molar-refractivity contribution in [2.45, 2.75) is 25.8 Å². The first-order chi connectivity index (χ1) is 13.7. The Hall–Kier alpha value is -2.44. The van der Waals surface area contributed by atoms with Gasteiger partial charge < -0.3 is 15.5 Å². The number of thiazole rings is 1. The second-order valence-corrected chi connectivity index (χ2v) is 8.65. The predicted molar refractivity (Wildman–Crippen MR) is 114 cm³/mol. The van der Waals surface area contributed by atoms with Crippen molar-refractivity contribution >= 4 is 32.6 Å². The van der Waals surface area contributed by atoms with Crippen molar-refractivity contribution in [1.29, 1.82) is 0 Å². The zero-order valence-corrected chi connectivity index (χ0v) is 16.8. The summed E-state index contributed by atoms with van der Waals surface area (Å²) in [5.74, 6) is 0.00354. The van der Waals surface area contributed by atoms with Gasteiger partial charge in [0, 0.05) is 31.7 Å². The molecule has 0 saturated carbocycles. The standard InChI is InChI=1S/C22H24N4OS/c1-14-12-16(21(27)24-18-7-6-15-4-2-3-5-17(15)18)13-19-20(14)25-22(28-19)26-10-8-23-9-11-26/h2-5,12-13,18,23H,6-11H2,1H3,(H,24,27). The molecular formula is C22H24N4OS. The Kier molecular flexibility index (Phi) is 4.53. The number of carbonyl (C=O) groups is 1. The molecule has 0 radical (unpaired) electrons. The van der Waals surface area contributed by atoms with Crippen molar-refractivity contribution < 1.29 is 4.79 Å². The van der Waals surface area contributed by atoms with Crippen molar-refractivity contribution in [2.75, 3.05) is 31.1 Å². The van der Waals surface area contributed by atoms with Crippen molar-refractivity contribution in [3.8, 4) is 0 Å². The molecule has 0 spiro atoms. The number of hydrogen-bond acceptors (Lipinski definition) is 5. The molecule has 1 fully saturated rings. The van der Waals surface area contributed by atoms with Crippen LogP contribution < -0.4 is 15.5 Å². The van der Waals surface area contributed by atoms with Gasteiger partial charge in [-0.05, 0) is 48.6 Å². The second kappa shape index (κ2) is 7.18. The molecule has 1 unspecified atom stereocenters. The first-order valence-electron chi connectivity index (χ1n) is 9.94. The third-order valence-corrected chi connectivity index (χ3v) is 6.83. The maximum atomic E-state index is 13.0. The summed E-state index contributed by atoms with van der Waals surface area (Å²) in [7, 11) is 0. The van der Waals surface area contributed by atoms with Crippen LogP contribution in [0, 0.1) is 6.92 Å². The number of aromatic nitrogens is 1. The number of nitrogens with zero attached hydrogens (tertiary/aromatic N) is 2. The summed E-state index contributed by atoms with van der Waals surface area (Å²) in [6.07, 6.45) is 2.00. The highest BCUT2D eigenvalue weighted by molar-refractivity contribution is 7.22. The van der Waals surface area contributed by atoms with Gasteiger partial charge >= 0.3 is 0 Å². The molecule has 5 rings (SSSR count). The fourth-order valence-corrected chi connectivity index (χ4v) is 5.39. The number of carbonyl (C=O) groups excluding carboxylic acids is 1. The van der Waals surface area contributed by atoms with E-state index in [2.05, 4.69) is 39.8 Å². The van der Waals surface area contributed by atoms with E-state index in [0.29, 0.717) is 0 Å². The number of piperazine rings is 1. The molecule has 2 aliphatic rings. The van der Waals surface area contributed by atoms with Crippen molar-refractivity contribution in [1.82, 2.24) is 15.6 Å². The fourth-order valence-electron chi connectivity index (χ4n) is 4.26. The van der Waals surface area contributed by atoms with E-state index in [4.69, 9.17) is 4.98 Å². The van der Waals surface area contributed by atoms with Crippen LogP contribution in [-0.4, -0.2) is 37.1 Å². The van der Waals surface area contributed by atoms with Crippen LogP contribution in [0.5, 0.6) is 0 Å². The number of nitrogens with one attached hydrogen (secondary N) is 2. The van der Waals surface area contributed by atoms with Gasteiger partial charge in [-0.25, -0.2) is 4.98 Å². The molecule has 0 bridgehead atoms. The number of aryl methyl sites for hydroxylation is 2. The van der Waals surface area contributed by atoms with Crippen LogP contribution in [-0.2, 0) is 6.42 Å². The molecule has 2 aromatic carbocycles. The number of rotatable bonds is 3. The van der Waals surface area contributed by atoms with E-state index in [1.807, 2.05) is 19.1 Å². The summed E-state index contributed by atoms with van der Waals surface area (Å²) in [6.45, 7) is 5.99. The maximum Gasteiger partial charge on any atom is 0.251 e. The van der Waals surface area contributed by atoms with E-state index in [1.165, 1.54) is 11.1 Å². The molecule has 3 aromatic rings. The normalized spacial score (nSPS) is 19.0. The Morgan fingerprint density at radius 2 is 2.07 bits per heavy atom. The van der Waals surface area contributed by atoms with Crippen LogP contribution in [0.2, 0.25) is 0 Å². The Bertz CT molecular complexity index is 1040. The van der Waals surface area contributed by atoms with Crippen LogP contribution in [0.15, 0.2) is 36.4 Å². The molecule has 1 aliphatic heterocycles. The van der Waals surface area contributed by atoms with E-state index in [-0.39, 0.29) is 11.9 Å². The average Bonchev–Trinajstić information content (AvgIpc) is 3.33. The minimum absolute atomic E-state index is 0.00354. The third kappa shape index (κ3) is 3.16. The average molecular weight is 393 g/mol. The summed E-state index contributed by atoms with van der Waals surface area (Å²) < 4.78 is 1.09. The highest BCUT2D eigenvalue weighted by atomic mass is 32.1. The van der Waals surface area contributed by atoms with Gasteiger partial charge in [0.05, 0.1) is 16.3 Å². The molecule has 144 valence electrons. The smallest absolute Gasteiger partial charge is 0.251 e. The zero-order chi connectivity index (χ0) is 19.1. The van der Waals surface area contributed by atoms with E-state index >= 15 is 0 Å². The Morgan fingerprint density at radius 3 is 2.93 bits per heavy atom. The summed E-state index contributed by atoms with van der Waals surface area (Å²) in [5, 5.41) is 7.67. The van der Waals surface area contributed by atoms with Crippen molar-refractivity contribution in [3.63, 3.8) is 0 Å². The molecule has 1 saturated heterocycles. The molecule has 28 heavy (non-hydrogen) atoms. The summed E-state index contributed by atoms with van der Waals surface area (Å²) in [5.41, 5.74) is 5.41. The van der Waals surface area contributed by atoms with Crippen molar-refractivity contribution in [2.24, 2.45) is 0 Å². The van der Waals surface area contributed by atoms with Gasteiger partial charge in [-0.15, -0.1) is 0 Å². The maximum absolute atomic E-state index is 13.0. The topological polar surface area (TPSA) is 57.3 Å². The van der Waals surface area contributed by atoms with Gasteiger partial charge in [0.2, 0.25) is 0 Å². The van der Waals surface area contributed by atoms with Crippen LogP contribution in [0.4, 0.5) is 5.13 Å². The van der Waals surface area contributed by atoms with Crippen LogP contribution in [0.25, 0.3) is 10.2 Å². The van der Waals surface area contributed by atoms with E-state index in [9.17, 15) is 4.79 Å². The first-order valence-corrected chi connectivity index (χ1v) is 10.8. The number of hydrogen-bond donors (Lipinski definition) is 2. The van der Waals surface area contributed by atoms with Gasteiger partial charge in [-0.2, -0.15) is 0 Å². The lowest BCUT2D eigenvalue weighted by Crippen LogP contribution is -2.43. The highest BCUT2D eigenvalue weighted by Crippen LogP contribution is 2.33. The van der Waals surface area contributed by atoms with Crippen LogP contribution in [0.1, 0.15) is 39.5 Å². The van der Waals surface area contributed by atoms with Gasteiger partial charge in [0.25, 0.3) is 5.91 Å². The van der Waals surface area contributed by atoms with E-state index in [0.717, 1.165) is 65.5 Å². The molecule has 1 atom stereocenters. The van der Waals surface area contributed by atoms with Gasteiger partial charge in [-0.3, -0.25) is 4.79 Å². The van der Waals surface area contributed by atoms with Crippen LogP contribution in [0.3, 0.4) is 0 Å². The molecule has 6 heteroatoms. The van der Waals surface area contributed by atoms with Gasteiger partial charge in [0.1, 0.15) is 0 Å². The Morgan fingerprint density at radius 1 is 1.25 bits per heavy atom. The number of fused-ring (bicyclic) bond motifs is 2. The molecular weight excluding hydrogens is 368 g/mol. The van der Waals surface area contributed by atoms with Gasteiger partial charge in [0.15, 0.2) is 5.13 Å². The number of anilines is 1. The first kappa shape index (κ1) is 17.6. The summed E-state index contributed by atoms with van der Waals surface area (Å²) in [4.78, 5) is 20.2. The monoisotopic (exact) mass is 392 g/mol. The molecule has 1 amide bonds. The van der Waals surface area contributed by atoms with Crippen LogP contribution >= 0.6 is 11.3 Å². The molecule has 2 N–H and O–H groups in total. The lowest BCUT2D eigenvalue weighted by molar-refractivity contribution is 0.0937. The molecule has 5 nitrogen and oxygen atoms in total. The number of benzene rings is 2. The zero-order valence-electron chi connectivity index (χ0n) is 16.0. The summed E-state index contributed by atoms with van der Waals surface area (Å²) >= 11 is 1.69. The lowest BCUT2D eigenvalue weighted by Gasteiger charge is -2.26. The van der Waals surface area contributed by atoms with Crippen molar-refractivity contribution in [3.05, 3.63) is 58.7 Å². The summed E-state index contributed by atoms with van der Waals surface area (Å²) in [6, 6.07) is 12.5. The highest BCUT2D eigenvalue weighted by Gasteiger charge is 2.24. The Labute approximate surface area is 168 Å². The Balaban J connectivity index is 1.40. The molecule has 1 aromatic heterocycles. The molecule has 1 aliphatic carbocycles. The van der Waals surface area contributed by atoms with E-state index in [1.54, 1.807) is 11.3 Å². The lowest BCUT2D eigenvalue weighted by atomic mass is 10.1. The SMILES string of the molecule is Cc1cc(C(=O)NC2CCc3ccccc32)cc2sc(N3CCNCC3)nc12. The second-order valence-electron chi connectivity index (χ2n) is 7.64. The fraction of sp³-hybridized carbons (Fsp3) is 0.364. The van der Waals surface area contributed by atoms with Gasteiger partial charge in [-0.1, -0.05) is 35.6 Å².